The first-order valence-electron chi connectivity index (χ1n) is 9.40. The quantitative estimate of drug-likeness (QED) is 0.540. The molecule has 2 amide bonds. The zero-order valence-electron chi connectivity index (χ0n) is 16.7. The largest absolute Gasteiger partial charge is 0.496 e. The third kappa shape index (κ3) is 5.62. The normalized spacial score (nSPS) is 16.6. The molecule has 3 rings (SSSR count). The summed E-state index contributed by atoms with van der Waals surface area (Å²) in [5.74, 6) is -1.13. The van der Waals surface area contributed by atoms with Crippen molar-refractivity contribution in [3.63, 3.8) is 0 Å². The predicted molar refractivity (Wildman–Crippen MR) is 116 cm³/mol. The van der Waals surface area contributed by atoms with Gasteiger partial charge >= 0.3 is 11.8 Å². The van der Waals surface area contributed by atoms with Crippen molar-refractivity contribution < 1.29 is 27.5 Å². The second-order valence-corrected chi connectivity index (χ2v) is 9.41. The van der Waals surface area contributed by atoms with Crippen molar-refractivity contribution >= 4 is 37.8 Å². The summed E-state index contributed by atoms with van der Waals surface area (Å²) < 4.78 is 38.4. The van der Waals surface area contributed by atoms with Gasteiger partial charge in [-0.15, -0.1) is 0 Å². The molecule has 0 aromatic heterocycles. The molecule has 0 unspecified atom stereocenters. The van der Waals surface area contributed by atoms with Crippen LogP contribution in [0.15, 0.2) is 57.9 Å². The van der Waals surface area contributed by atoms with Crippen LogP contribution in [0.5, 0.6) is 5.75 Å². The van der Waals surface area contributed by atoms with Crippen LogP contribution >= 0.6 is 15.9 Å². The number of amides is 2. The summed E-state index contributed by atoms with van der Waals surface area (Å²) in [6.07, 6.45) is -0.903. The lowest BCUT2D eigenvalue weighted by molar-refractivity contribution is -0.139. The van der Waals surface area contributed by atoms with Crippen LogP contribution in [0.2, 0.25) is 0 Å². The minimum absolute atomic E-state index is 0.111. The molecule has 9 nitrogen and oxygen atoms in total. The molecule has 1 aliphatic heterocycles. The Morgan fingerprint density at radius 2 is 1.81 bits per heavy atom. The van der Waals surface area contributed by atoms with Crippen LogP contribution in [0.1, 0.15) is 5.56 Å². The number of hydrogen-bond donors (Lipinski definition) is 2. The molecule has 2 aromatic rings. The number of benzene rings is 2. The monoisotopic (exact) mass is 511 g/mol. The van der Waals surface area contributed by atoms with Gasteiger partial charge in [-0.05, 0) is 30.3 Å². The second kappa shape index (κ2) is 10.2. The van der Waals surface area contributed by atoms with Crippen molar-refractivity contribution in [2.24, 2.45) is 0 Å². The molecule has 1 atom stereocenters. The van der Waals surface area contributed by atoms with Gasteiger partial charge in [0.05, 0.1) is 25.2 Å². The fraction of sp³-hybridized carbons (Fsp3) is 0.300. The smallest absolute Gasteiger partial charge is 0.309 e. The number of carbonyl (C=O) groups excluding carboxylic acids is 2. The van der Waals surface area contributed by atoms with Crippen LogP contribution in [0.3, 0.4) is 0 Å². The number of sulfonamides is 1. The highest BCUT2D eigenvalue weighted by Gasteiger charge is 2.36. The minimum Gasteiger partial charge on any atom is -0.496 e. The standard InChI is InChI=1S/C20H22BrN3O6S/c1-29-17-5-3-2-4-14(17)12-22-19(25)20(26)23-13-18-24(10-11-30-18)31(27,28)16-8-6-15(21)7-9-16/h2-9,18H,10-13H2,1H3,(H,22,25)(H,23,26)/t18-/m0/s1. The van der Waals surface area contributed by atoms with E-state index in [4.69, 9.17) is 9.47 Å². The molecule has 0 bridgehead atoms. The molecule has 1 heterocycles. The van der Waals surface area contributed by atoms with Gasteiger partial charge in [0.25, 0.3) is 0 Å². The Morgan fingerprint density at radius 1 is 1.13 bits per heavy atom. The summed E-state index contributed by atoms with van der Waals surface area (Å²) in [4.78, 5) is 24.4. The molecular formula is C20H22BrN3O6S. The number of rotatable bonds is 7. The van der Waals surface area contributed by atoms with E-state index in [1.165, 1.54) is 23.5 Å². The van der Waals surface area contributed by atoms with Gasteiger partial charge < -0.3 is 20.1 Å². The molecule has 2 aromatic carbocycles. The minimum atomic E-state index is -3.80. The second-order valence-electron chi connectivity index (χ2n) is 6.60. The lowest BCUT2D eigenvalue weighted by Crippen LogP contribution is -2.47. The first kappa shape index (κ1) is 23.2. The topological polar surface area (TPSA) is 114 Å². The molecule has 2 N–H and O–H groups in total. The number of nitrogens with zero attached hydrogens (tertiary/aromatic N) is 1. The Hall–Kier alpha value is -2.47. The van der Waals surface area contributed by atoms with Crippen LogP contribution in [-0.4, -0.2) is 57.6 Å². The molecule has 0 spiro atoms. The maximum atomic E-state index is 12.9. The molecule has 1 aliphatic rings. The summed E-state index contributed by atoms with van der Waals surface area (Å²) in [5, 5.41) is 4.94. The van der Waals surface area contributed by atoms with Crippen molar-refractivity contribution in [3.05, 3.63) is 58.6 Å². The highest BCUT2D eigenvalue weighted by Crippen LogP contribution is 2.23. The zero-order chi connectivity index (χ0) is 22.4. The van der Waals surface area contributed by atoms with Gasteiger partial charge in [0, 0.05) is 23.1 Å². The number of para-hydroxylation sites is 1. The summed E-state index contributed by atoms with van der Waals surface area (Å²) in [7, 11) is -2.29. The van der Waals surface area contributed by atoms with Crippen LogP contribution in [0.4, 0.5) is 0 Å². The highest BCUT2D eigenvalue weighted by molar-refractivity contribution is 9.10. The molecule has 1 fully saturated rings. The number of carbonyl (C=O) groups is 2. The Balaban J connectivity index is 1.56. The van der Waals surface area contributed by atoms with Gasteiger partial charge in [0.2, 0.25) is 10.0 Å². The SMILES string of the molecule is COc1ccccc1CNC(=O)C(=O)NC[C@@H]1OCCN1S(=O)(=O)c1ccc(Br)cc1. The van der Waals surface area contributed by atoms with Crippen LogP contribution in [-0.2, 0) is 30.9 Å². The first-order chi connectivity index (χ1) is 14.8. The molecule has 0 aliphatic carbocycles. The maximum Gasteiger partial charge on any atom is 0.309 e. The van der Waals surface area contributed by atoms with Gasteiger partial charge in [-0.2, -0.15) is 4.31 Å². The molecule has 0 radical (unpaired) electrons. The van der Waals surface area contributed by atoms with E-state index < -0.39 is 28.1 Å². The van der Waals surface area contributed by atoms with Crippen LogP contribution in [0, 0.1) is 0 Å². The van der Waals surface area contributed by atoms with E-state index in [2.05, 4.69) is 26.6 Å². The van der Waals surface area contributed by atoms with Crippen LogP contribution in [0.25, 0.3) is 0 Å². The maximum absolute atomic E-state index is 12.9. The number of hydrogen-bond acceptors (Lipinski definition) is 6. The lowest BCUT2D eigenvalue weighted by atomic mass is 10.2. The van der Waals surface area contributed by atoms with E-state index in [1.54, 1.807) is 36.4 Å². The lowest BCUT2D eigenvalue weighted by Gasteiger charge is -2.22. The first-order valence-corrected chi connectivity index (χ1v) is 11.6. The van der Waals surface area contributed by atoms with E-state index >= 15 is 0 Å². The van der Waals surface area contributed by atoms with Crippen molar-refractivity contribution in [1.29, 1.82) is 0 Å². The number of methoxy groups -OCH3 is 1. The molecule has 11 heteroatoms. The Morgan fingerprint density at radius 3 is 2.52 bits per heavy atom. The highest BCUT2D eigenvalue weighted by atomic mass is 79.9. The van der Waals surface area contributed by atoms with Gasteiger partial charge in [-0.3, -0.25) is 9.59 Å². The summed E-state index contributed by atoms with van der Waals surface area (Å²) in [6, 6.07) is 13.3. The third-order valence-corrected chi connectivity index (χ3v) is 7.07. The van der Waals surface area contributed by atoms with E-state index in [0.717, 1.165) is 10.0 Å². The van der Waals surface area contributed by atoms with Gasteiger partial charge in [0.1, 0.15) is 12.0 Å². The fourth-order valence-corrected chi connectivity index (χ4v) is 4.82. The fourth-order valence-electron chi connectivity index (χ4n) is 3.05. The van der Waals surface area contributed by atoms with Crippen molar-refractivity contribution in [1.82, 2.24) is 14.9 Å². The van der Waals surface area contributed by atoms with E-state index in [9.17, 15) is 18.0 Å². The van der Waals surface area contributed by atoms with Gasteiger partial charge in [-0.25, -0.2) is 8.42 Å². The van der Waals surface area contributed by atoms with Crippen LogP contribution < -0.4 is 15.4 Å². The number of ether oxygens (including phenoxy) is 2. The van der Waals surface area contributed by atoms with Crippen molar-refractivity contribution in [2.75, 3.05) is 26.8 Å². The van der Waals surface area contributed by atoms with Gasteiger partial charge in [-0.1, -0.05) is 34.1 Å². The molecule has 1 saturated heterocycles. The molecule has 31 heavy (non-hydrogen) atoms. The average Bonchev–Trinajstić information content (AvgIpc) is 3.26. The predicted octanol–water partition coefficient (Wildman–Crippen LogP) is 1.24. The van der Waals surface area contributed by atoms with Crippen molar-refractivity contribution in [2.45, 2.75) is 17.7 Å². The number of nitrogens with one attached hydrogen (secondary N) is 2. The third-order valence-electron chi connectivity index (χ3n) is 4.64. The Kier molecular flexibility index (Phi) is 7.65. The summed E-state index contributed by atoms with van der Waals surface area (Å²) in [5.41, 5.74) is 0.719. The molecular weight excluding hydrogens is 490 g/mol. The van der Waals surface area contributed by atoms with E-state index in [1.807, 2.05) is 0 Å². The number of halogens is 1. The summed E-state index contributed by atoms with van der Waals surface area (Å²) >= 11 is 3.27. The van der Waals surface area contributed by atoms with Crippen molar-refractivity contribution in [3.8, 4) is 5.75 Å². The van der Waals surface area contributed by atoms with E-state index in [-0.39, 0.29) is 31.1 Å². The Bertz CT molecular complexity index is 1050. The molecule has 166 valence electrons. The molecule has 0 saturated carbocycles. The Labute approximate surface area is 188 Å². The van der Waals surface area contributed by atoms with Gasteiger partial charge in [0.15, 0.2) is 0 Å². The summed E-state index contributed by atoms with van der Waals surface area (Å²) in [6.45, 7) is 0.298. The van der Waals surface area contributed by atoms with E-state index in [0.29, 0.717) is 5.75 Å². The zero-order valence-corrected chi connectivity index (χ0v) is 19.1. The average molecular weight is 512 g/mol.